The first-order chi connectivity index (χ1) is 10.3. The van der Waals surface area contributed by atoms with Crippen LogP contribution in [-0.2, 0) is 0 Å². The van der Waals surface area contributed by atoms with Gasteiger partial charge in [0.25, 0.3) is 0 Å². The highest BCUT2D eigenvalue weighted by atomic mass is 35.5. The Bertz CT molecular complexity index is 680. The van der Waals surface area contributed by atoms with Gasteiger partial charge in [-0.3, -0.25) is 4.98 Å². The van der Waals surface area contributed by atoms with E-state index < -0.39 is 0 Å². The predicted octanol–water partition coefficient (Wildman–Crippen LogP) is 4.71. The molecular weight excluding hydrogens is 286 g/mol. The van der Waals surface area contributed by atoms with Crippen molar-refractivity contribution in [2.75, 3.05) is 13.2 Å². The number of halogens is 1. The molecule has 4 rings (SSSR count). The number of ether oxygens (including phenoxy) is 2. The number of rotatable bonds is 1. The molecule has 1 aromatic carbocycles. The van der Waals surface area contributed by atoms with Crippen LogP contribution in [0.3, 0.4) is 0 Å². The molecule has 3 nitrogen and oxygen atoms in total. The van der Waals surface area contributed by atoms with Gasteiger partial charge in [0.1, 0.15) is 0 Å². The summed E-state index contributed by atoms with van der Waals surface area (Å²) in [6.45, 7) is 1.37. The molecule has 21 heavy (non-hydrogen) atoms. The van der Waals surface area contributed by atoms with Gasteiger partial charge in [0.15, 0.2) is 11.5 Å². The summed E-state index contributed by atoms with van der Waals surface area (Å²) in [6, 6.07) is 5.97. The molecule has 1 aromatic heterocycles. The average Bonchev–Trinajstić information content (AvgIpc) is 2.92. The van der Waals surface area contributed by atoms with Gasteiger partial charge in [0.2, 0.25) is 0 Å². The summed E-state index contributed by atoms with van der Waals surface area (Å²) >= 11 is 6.49. The standard InChI is InChI=1S/C17H18ClNO2/c18-13-9-14(11-4-1-2-5-11)19-15-10-17-16(8-12(13)15)20-6-3-7-21-17/h8-11H,1-7H2. The van der Waals surface area contributed by atoms with E-state index in [4.69, 9.17) is 26.1 Å². The van der Waals surface area contributed by atoms with Crippen LogP contribution >= 0.6 is 11.6 Å². The van der Waals surface area contributed by atoms with Gasteiger partial charge in [-0.1, -0.05) is 24.4 Å². The van der Waals surface area contributed by atoms with Gasteiger partial charge < -0.3 is 9.47 Å². The van der Waals surface area contributed by atoms with Crippen molar-refractivity contribution in [3.63, 3.8) is 0 Å². The first-order valence-electron chi connectivity index (χ1n) is 7.71. The smallest absolute Gasteiger partial charge is 0.163 e. The molecule has 1 fully saturated rings. The summed E-state index contributed by atoms with van der Waals surface area (Å²) in [4.78, 5) is 4.84. The second-order valence-corrected chi connectivity index (χ2v) is 6.28. The monoisotopic (exact) mass is 303 g/mol. The largest absolute Gasteiger partial charge is 0.490 e. The molecule has 0 atom stereocenters. The first-order valence-corrected chi connectivity index (χ1v) is 8.09. The second-order valence-electron chi connectivity index (χ2n) is 5.88. The maximum Gasteiger partial charge on any atom is 0.163 e. The fourth-order valence-electron chi connectivity index (χ4n) is 3.29. The van der Waals surface area contributed by atoms with Gasteiger partial charge in [0.05, 0.1) is 23.8 Å². The Morgan fingerprint density at radius 1 is 0.952 bits per heavy atom. The van der Waals surface area contributed by atoms with Gasteiger partial charge in [-0.25, -0.2) is 0 Å². The fourth-order valence-corrected chi connectivity index (χ4v) is 3.55. The van der Waals surface area contributed by atoms with Gasteiger partial charge in [-0.15, -0.1) is 0 Å². The Balaban J connectivity index is 1.83. The van der Waals surface area contributed by atoms with Crippen LogP contribution in [0, 0.1) is 0 Å². The molecule has 2 heterocycles. The zero-order valence-corrected chi connectivity index (χ0v) is 12.7. The maximum absolute atomic E-state index is 6.49. The Morgan fingerprint density at radius 2 is 1.67 bits per heavy atom. The van der Waals surface area contributed by atoms with E-state index in [1.807, 2.05) is 18.2 Å². The molecule has 0 radical (unpaired) electrons. The summed E-state index contributed by atoms with van der Waals surface area (Å²) in [5, 5.41) is 1.71. The molecular formula is C17H18ClNO2. The molecule has 0 N–H and O–H groups in total. The van der Waals surface area contributed by atoms with E-state index in [1.165, 1.54) is 25.7 Å². The Hall–Kier alpha value is -1.48. The van der Waals surface area contributed by atoms with E-state index in [-0.39, 0.29) is 0 Å². The number of benzene rings is 1. The minimum Gasteiger partial charge on any atom is -0.490 e. The van der Waals surface area contributed by atoms with E-state index in [1.54, 1.807) is 0 Å². The summed E-state index contributed by atoms with van der Waals surface area (Å²) in [7, 11) is 0. The Labute approximate surface area is 129 Å². The van der Waals surface area contributed by atoms with Crippen molar-refractivity contribution in [2.45, 2.75) is 38.0 Å². The molecule has 1 aliphatic heterocycles. The molecule has 0 saturated heterocycles. The predicted molar refractivity (Wildman–Crippen MR) is 83.6 cm³/mol. The quantitative estimate of drug-likeness (QED) is 0.764. The third-order valence-electron chi connectivity index (χ3n) is 4.42. The minimum absolute atomic E-state index is 0.558. The lowest BCUT2D eigenvalue weighted by molar-refractivity contribution is 0.297. The number of nitrogens with zero attached hydrogens (tertiary/aromatic N) is 1. The van der Waals surface area contributed by atoms with E-state index in [0.717, 1.165) is 39.5 Å². The molecule has 2 aliphatic rings. The van der Waals surface area contributed by atoms with Crippen molar-refractivity contribution in [1.29, 1.82) is 0 Å². The van der Waals surface area contributed by atoms with Crippen LogP contribution in [0.15, 0.2) is 18.2 Å². The van der Waals surface area contributed by atoms with Crippen LogP contribution in [0.25, 0.3) is 10.9 Å². The van der Waals surface area contributed by atoms with E-state index in [2.05, 4.69) is 0 Å². The third-order valence-corrected chi connectivity index (χ3v) is 4.73. The molecule has 4 heteroatoms. The Morgan fingerprint density at radius 3 is 2.43 bits per heavy atom. The van der Waals surface area contributed by atoms with Crippen LogP contribution in [0.4, 0.5) is 0 Å². The number of pyridine rings is 1. The van der Waals surface area contributed by atoms with Gasteiger partial charge >= 0.3 is 0 Å². The SMILES string of the molecule is Clc1cc(C2CCCC2)nc2cc3c(cc12)OCCCO3. The molecule has 0 unspecified atom stereocenters. The summed E-state index contributed by atoms with van der Waals surface area (Å²) in [5.74, 6) is 2.12. The maximum atomic E-state index is 6.49. The summed E-state index contributed by atoms with van der Waals surface area (Å²) < 4.78 is 11.5. The molecule has 0 spiro atoms. The zero-order valence-electron chi connectivity index (χ0n) is 11.9. The van der Waals surface area contributed by atoms with Gasteiger partial charge in [-0.05, 0) is 25.0 Å². The minimum atomic E-state index is 0.558. The highest BCUT2D eigenvalue weighted by Gasteiger charge is 2.21. The van der Waals surface area contributed by atoms with Gasteiger partial charge in [-0.2, -0.15) is 0 Å². The third kappa shape index (κ3) is 2.44. The number of hydrogen-bond acceptors (Lipinski definition) is 3. The van der Waals surface area contributed by atoms with Crippen molar-refractivity contribution in [3.05, 3.63) is 28.9 Å². The van der Waals surface area contributed by atoms with Crippen LogP contribution in [0.2, 0.25) is 5.02 Å². The molecule has 1 aliphatic carbocycles. The second kappa shape index (κ2) is 5.38. The summed E-state index contributed by atoms with van der Waals surface area (Å²) in [6.07, 6.45) is 5.94. The van der Waals surface area contributed by atoms with Crippen LogP contribution < -0.4 is 9.47 Å². The van der Waals surface area contributed by atoms with Gasteiger partial charge in [0, 0.05) is 29.5 Å². The average molecular weight is 304 g/mol. The van der Waals surface area contributed by atoms with Crippen molar-refractivity contribution in [1.82, 2.24) is 4.98 Å². The molecule has 0 amide bonds. The highest BCUT2D eigenvalue weighted by Crippen LogP contribution is 2.39. The molecule has 1 saturated carbocycles. The van der Waals surface area contributed by atoms with Crippen molar-refractivity contribution in [2.24, 2.45) is 0 Å². The van der Waals surface area contributed by atoms with E-state index >= 15 is 0 Å². The fraction of sp³-hybridized carbons (Fsp3) is 0.471. The molecule has 110 valence electrons. The Kier molecular flexibility index (Phi) is 3.38. The number of hydrogen-bond donors (Lipinski definition) is 0. The topological polar surface area (TPSA) is 31.4 Å². The number of aromatic nitrogens is 1. The van der Waals surface area contributed by atoms with E-state index in [0.29, 0.717) is 19.1 Å². The first kappa shape index (κ1) is 13.2. The molecule has 2 aromatic rings. The zero-order chi connectivity index (χ0) is 14.2. The summed E-state index contributed by atoms with van der Waals surface area (Å²) in [5.41, 5.74) is 2.04. The lowest BCUT2D eigenvalue weighted by atomic mass is 10.0. The van der Waals surface area contributed by atoms with Crippen LogP contribution in [0.5, 0.6) is 11.5 Å². The highest BCUT2D eigenvalue weighted by molar-refractivity contribution is 6.35. The van der Waals surface area contributed by atoms with Crippen molar-refractivity contribution < 1.29 is 9.47 Å². The van der Waals surface area contributed by atoms with Crippen LogP contribution in [0.1, 0.15) is 43.7 Å². The molecule has 0 bridgehead atoms. The number of fused-ring (bicyclic) bond motifs is 2. The lowest BCUT2D eigenvalue weighted by Gasteiger charge is -2.13. The van der Waals surface area contributed by atoms with Crippen molar-refractivity contribution >= 4 is 22.5 Å². The van der Waals surface area contributed by atoms with E-state index in [9.17, 15) is 0 Å². The normalized spacial score (nSPS) is 18.9. The van der Waals surface area contributed by atoms with Crippen molar-refractivity contribution in [3.8, 4) is 11.5 Å². The lowest BCUT2D eigenvalue weighted by Crippen LogP contribution is -1.98. The van der Waals surface area contributed by atoms with Crippen LogP contribution in [-0.4, -0.2) is 18.2 Å².